The summed E-state index contributed by atoms with van der Waals surface area (Å²) in [5, 5.41) is 3.51. The largest absolute Gasteiger partial charge is 0.372 e. The zero-order valence-corrected chi connectivity index (χ0v) is 13.2. The van der Waals surface area contributed by atoms with Crippen molar-refractivity contribution < 1.29 is 4.74 Å². The smallest absolute Gasteiger partial charge is 0.0949 e. The number of hydrogen-bond acceptors (Lipinski definition) is 2. The third kappa shape index (κ3) is 4.92. The first-order valence-corrected chi connectivity index (χ1v) is 8.06. The molecule has 20 heavy (non-hydrogen) atoms. The lowest BCUT2D eigenvalue weighted by Crippen LogP contribution is -2.30. The van der Waals surface area contributed by atoms with Crippen molar-refractivity contribution in [2.24, 2.45) is 5.92 Å². The number of rotatable bonds is 7. The van der Waals surface area contributed by atoms with Crippen LogP contribution in [-0.2, 0) is 4.74 Å². The highest BCUT2D eigenvalue weighted by molar-refractivity contribution is 5.24. The molecule has 0 radical (unpaired) electrons. The van der Waals surface area contributed by atoms with E-state index >= 15 is 0 Å². The van der Waals surface area contributed by atoms with Gasteiger partial charge < -0.3 is 10.1 Å². The van der Waals surface area contributed by atoms with E-state index < -0.39 is 0 Å². The molecule has 1 aliphatic rings. The van der Waals surface area contributed by atoms with Crippen molar-refractivity contribution >= 4 is 0 Å². The topological polar surface area (TPSA) is 21.3 Å². The highest BCUT2D eigenvalue weighted by Gasteiger charge is 2.19. The highest BCUT2D eigenvalue weighted by Crippen LogP contribution is 2.27. The van der Waals surface area contributed by atoms with Gasteiger partial charge in [-0.1, -0.05) is 56.5 Å². The molecule has 2 rings (SSSR count). The van der Waals surface area contributed by atoms with Crippen molar-refractivity contribution in [3.8, 4) is 0 Å². The minimum atomic E-state index is 0.179. The lowest BCUT2D eigenvalue weighted by atomic mass is 10.1. The molecule has 0 aliphatic heterocycles. The van der Waals surface area contributed by atoms with Gasteiger partial charge in [0.1, 0.15) is 0 Å². The summed E-state index contributed by atoms with van der Waals surface area (Å²) in [5.74, 6) is 0.779. The number of ether oxygens (including phenoxy) is 1. The van der Waals surface area contributed by atoms with Gasteiger partial charge in [-0.25, -0.2) is 0 Å². The van der Waals surface area contributed by atoms with Gasteiger partial charge in [0.05, 0.1) is 12.7 Å². The van der Waals surface area contributed by atoms with Gasteiger partial charge >= 0.3 is 0 Å². The van der Waals surface area contributed by atoms with Crippen molar-refractivity contribution in [2.75, 3.05) is 13.2 Å². The second kappa shape index (κ2) is 7.80. The fourth-order valence-electron chi connectivity index (χ4n) is 2.92. The van der Waals surface area contributed by atoms with E-state index in [1.54, 1.807) is 0 Å². The number of hydrogen-bond donors (Lipinski definition) is 1. The van der Waals surface area contributed by atoms with Crippen LogP contribution in [0.4, 0.5) is 0 Å². The van der Waals surface area contributed by atoms with Gasteiger partial charge in [-0.15, -0.1) is 0 Å². The normalized spacial score (nSPS) is 17.8. The Morgan fingerprint density at radius 1 is 1.25 bits per heavy atom. The van der Waals surface area contributed by atoms with Crippen LogP contribution in [0.25, 0.3) is 0 Å². The third-order valence-corrected chi connectivity index (χ3v) is 4.13. The Morgan fingerprint density at radius 2 is 2.00 bits per heavy atom. The second-order valence-corrected chi connectivity index (χ2v) is 6.45. The number of aryl methyl sites for hydroxylation is 1. The molecule has 1 atom stereocenters. The predicted molar refractivity (Wildman–Crippen MR) is 85.0 cm³/mol. The highest BCUT2D eigenvalue weighted by atomic mass is 16.5. The molecule has 1 aromatic rings. The Morgan fingerprint density at radius 3 is 2.65 bits per heavy atom. The number of nitrogens with one attached hydrogen (secondary N) is 1. The van der Waals surface area contributed by atoms with Crippen molar-refractivity contribution in [1.82, 2.24) is 5.32 Å². The zero-order chi connectivity index (χ0) is 14.4. The van der Waals surface area contributed by atoms with Crippen LogP contribution in [0.5, 0.6) is 0 Å². The summed E-state index contributed by atoms with van der Waals surface area (Å²) in [6.45, 7) is 8.33. The van der Waals surface area contributed by atoms with Crippen LogP contribution in [0, 0.1) is 12.8 Å². The minimum Gasteiger partial charge on any atom is -0.372 e. The first kappa shape index (κ1) is 15.5. The van der Waals surface area contributed by atoms with Gasteiger partial charge in [0.15, 0.2) is 0 Å². The van der Waals surface area contributed by atoms with Crippen LogP contribution in [-0.4, -0.2) is 19.2 Å². The molecule has 0 heterocycles. The van der Waals surface area contributed by atoms with E-state index in [9.17, 15) is 0 Å². The van der Waals surface area contributed by atoms with E-state index in [0.29, 0.717) is 6.04 Å². The Bertz CT molecular complexity index is 396. The fourth-order valence-corrected chi connectivity index (χ4v) is 2.92. The summed E-state index contributed by atoms with van der Waals surface area (Å²) in [7, 11) is 0. The van der Waals surface area contributed by atoms with Gasteiger partial charge in [0, 0.05) is 12.6 Å². The molecule has 1 unspecified atom stereocenters. The molecule has 0 bridgehead atoms. The second-order valence-electron chi connectivity index (χ2n) is 6.45. The first-order chi connectivity index (χ1) is 9.65. The molecule has 112 valence electrons. The molecule has 0 spiro atoms. The molecule has 1 fully saturated rings. The Kier molecular flexibility index (Phi) is 6.06. The molecule has 1 aliphatic carbocycles. The first-order valence-electron chi connectivity index (χ1n) is 8.06. The molecule has 1 N–H and O–H groups in total. The average molecular weight is 275 g/mol. The molecule has 0 amide bonds. The lowest BCUT2D eigenvalue weighted by Gasteiger charge is -2.22. The monoisotopic (exact) mass is 275 g/mol. The molecule has 2 heteroatoms. The van der Waals surface area contributed by atoms with E-state index in [-0.39, 0.29) is 6.10 Å². The van der Waals surface area contributed by atoms with Gasteiger partial charge in [-0.2, -0.15) is 0 Å². The van der Waals surface area contributed by atoms with E-state index in [4.69, 9.17) is 4.74 Å². The Balaban J connectivity index is 1.95. The maximum Gasteiger partial charge on any atom is 0.0949 e. The van der Waals surface area contributed by atoms with Crippen molar-refractivity contribution in [3.05, 3.63) is 35.4 Å². The van der Waals surface area contributed by atoms with Gasteiger partial charge in [-0.3, -0.25) is 0 Å². The van der Waals surface area contributed by atoms with E-state index in [2.05, 4.69) is 50.4 Å². The summed E-state index contributed by atoms with van der Waals surface area (Å²) in [4.78, 5) is 0. The average Bonchev–Trinajstić information content (AvgIpc) is 2.91. The molecule has 0 saturated heterocycles. The van der Waals surface area contributed by atoms with Crippen LogP contribution in [0.3, 0.4) is 0 Å². The zero-order valence-electron chi connectivity index (χ0n) is 13.2. The number of benzene rings is 1. The van der Waals surface area contributed by atoms with Crippen molar-refractivity contribution in [1.29, 1.82) is 0 Å². The molecule has 1 aromatic carbocycles. The minimum absolute atomic E-state index is 0.179. The van der Waals surface area contributed by atoms with Crippen LogP contribution >= 0.6 is 0 Å². The Labute approximate surface area is 123 Å². The Hall–Kier alpha value is -0.860. The maximum absolute atomic E-state index is 6.26. The summed E-state index contributed by atoms with van der Waals surface area (Å²) in [5.41, 5.74) is 2.61. The van der Waals surface area contributed by atoms with Crippen LogP contribution in [0.1, 0.15) is 56.8 Å². The molecule has 0 aromatic heterocycles. The van der Waals surface area contributed by atoms with Gasteiger partial charge in [-0.05, 0) is 31.2 Å². The van der Waals surface area contributed by atoms with Gasteiger partial charge in [0.25, 0.3) is 0 Å². The van der Waals surface area contributed by atoms with E-state index in [1.807, 2.05) is 0 Å². The predicted octanol–water partition coefficient (Wildman–Crippen LogP) is 4.24. The third-order valence-electron chi connectivity index (χ3n) is 4.13. The van der Waals surface area contributed by atoms with Crippen LogP contribution in [0.15, 0.2) is 24.3 Å². The van der Waals surface area contributed by atoms with Crippen LogP contribution in [0.2, 0.25) is 0 Å². The quantitative estimate of drug-likeness (QED) is 0.803. The molecule has 1 saturated carbocycles. The molecular formula is C18H29NO. The molecular weight excluding hydrogens is 246 g/mol. The van der Waals surface area contributed by atoms with Crippen molar-refractivity contribution in [2.45, 2.75) is 58.6 Å². The summed E-state index contributed by atoms with van der Waals surface area (Å²) >= 11 is 0. The SMILES string of the molecule is Cc1cccc(C(CNC(C)C)OCC2CCCC2)c1. The fraction of sp³-hybridized carbons (Fsp3) is 0.667. The summed E-state index contributed by atoms with van der Waals surface area (Å²) in [6.07, 6.45) is 5.63. The summed E-state index contributed by atoms with van der Waals surface area (Å²) in [6, 6.07) is 9.21. The van der Waals surface area contributed by atoms with E-state index in [0.717, 1.165) is 19.1 Å². The standard InChI is InChI=1S/C18H29NO/c1-14(2)19-12-18(17-10-6-7-15(3)11-17)20-13-16-8-4-5-9-16/h6-7,10-11,14,16,18-19H,4-5,8-9,12-13H2,1-3H3. The van der Waals surface area contributed by atoms with Gasteiger partial charge in [0.2, 0.25) is 0 Å². The van der Waals surface area contributed by atoms with Crippen molar-refractivity contribution in [3.63, 3.8) is 0 Å². The molecule has 2 nitrogen and oxygen atoms in total. The lowest BCUT2D eigenvalue weighted by molar-refractivity contribution is 0.0284. The van der Waals surface area contributed by atoms with E-state index in [1.165, 1.54) is 36.8 Å². The maximum atomic E-state index is 6.26. The summed E-state index contributed by atoms with van der Waals surface area (Å²) < 4.78 is 6.26. The van der Waals surface area contributed by atoms with Crippen LogP contribution < -0.4 is 5.32 Å².